The topological polar surface area (TPSA) is 89.2 Å². The molecule has 0 radical (unpaired) electrons. The molecule has 1 aromatic carbocycles. The Morgan fingerprint density at radius 2 is 2.03 bits per heavy atom. The van der Waals surface area contributed by atoms with Crippen LogP contribution in [0, 0.1) is 5.82 Å². The predicted octanol–water partition coefficient (Wildman–Crippen LogP) is 3.16. The van der Waals surface area contributed by atoms with Gasteiger partial charge in [0.25, 0.3) is 5.56 Å². The van der Waals surface area contributed by atoms with Gasteiger partial charge >= 0.3 is 0 Å². The van der Waals surface area contributed by atoms with E-state index in [0.717, 1.165) is 16.6 Å². The van der Waals surface area contributed by atoms with Gasteiger partial charge in [-0.05, 0) is 50.1 Å². The highest BCUT2D eigenvalue weighted by atomic mass is 19.1. The molecule has 0 saturated carbocycles. The van der Waals surface area contributed by atoms with Gasteiger partial charge in [0.15, 0.2) is 5.82 Å². The Labute approximate surface area is 191 Å². The molecule has 0 aliphatic heterocycles. The maximum absolute atomic E-state index is 13.6. The number of anilines is 1. The van der Waals surface area contributed by atoms with Crippen LogP contribution >= 0.6 is 0 Å². The van der Waals surface area contributed by atoms with Gasteiger partial charge in [0, 0.05) is 56.1 Å². The van der Waals surface area contributed by atoms with E-state index in [1.807, 2.05) is 17.6 Å². The monoisotopic (exact) mass is 453 g/mol. The van der Waals surface area contributed by atoms with Crippen molar-refractivity contribution in [2.75, 3.05) is 19.4 Å². The summed E-state index contributed by atoms with van der Waals surface area (Å²) >= 11 is 0. The summed E-state index contributed by atoms with van der Waals surface area (Å²) in [5.74, 6) is -0.775. The Hall–Kier alpha value is -3.75. The summed E-state index contributed by atoms with van der Waals surface area (Å²) in [6, 6.07) is 6.48. The molecule has 0 aliphatic rings. The molecule has 0 saturated heterocycles. The molecule has 2 heterocycles. The number of nitrogens with one attached hydrogen (secondary N) is 1. The average molecular weight is 454 g/mol. The molecule has 3 rings (SSSR count). The highest BCUT2D eigenvalue weighted by Crippen LogP contribution is 2.21. The summed E-state index contributed by atoms with van der Waals surface area (Å²) < 4.78 is 17.1. The van der Waals surface area contributed by atoms with E-state index in [-0.39, 0.29) is 36.4 Å². The van der Waals surface area contributed by atoms with Gasteiger partial charge in [0.2, 0.25) is 11.8 Å². The normalized spacial score (nSPS) is 11.3. The molecule has 8 nitrogen and oxygen atoms in total. The second-order valence-electron chi connectivity index (χ2n) is 7.87. The number of carbonyl (C=O) groups is 2. The third-order valence-electron chi connectivity index (χ3n) is 5.25. The largest absolute Gasteiger partial charge is 0.345 e. The van der Waals surface area contributed by atoms with Gasteiger partial charge in [-0.15, -0.1) is 0 Å². The summed E-state index contributed by atoms with van der Waals surface area (Å²) in [6.07, 6.45) is 7.53. The van der Waals surface area contributed by atoms with Crippen LogP contribution in [0.4, 0.5) is 10.2 Å². The first-order valence-corrected chi connectivity index (χ1v) is 10.8. The number of likely N-dealkylation sites (N-methyl/N-ethyl adjacent to an activating group) is 1. The average Bonchev–Trinajstić information content (AvgIpc) is 3.11. The fraction of sp³-hybridized carbons (Fsp3) is 0.333. The number of hydrogen-bond donors (Lipinski definition) is 1. The second-order valence-corrected chi connectivity index (χ2v) is 7.87. The van der Waals surface area contributed by atoms with Gasteiger partial charge in [0.05, 0.1) is 6.54 Å². The van der Waals surface area contributed by atoms with Gasteiger partial charge in [-0.1, -0.05) is 6.08 Å². The van der Waals surface area contributed by atoms with Gasteiger partial charge in [-0.2, -0.15) is 0 Å². The third-order valence-corrected chi connectivity index (χ3v) is 5.25. The number of fused-ring (bicyclic) bond motifs is 1. The SMILES string of the molecule is CCn1c(Cn2ccnc(NC(=O)CCC/C=C/C(=O)N(C)C)c2=O)cc2cc(F)ccc21. The van der Waals surface area contributed by atoms with Crippen molar-refractivity contribution in [1.29, 1.82) is 0 Å². The molecule has 2 amide bonds. The zero-order valence-corrected chi connectivity index (χ0v) is 19.0. The number of carbonyl (C=O) groups excluding carboxylic acids is 2. The Bertz CT molecular complexity index is 1240. The van der Waals surface area contributed by atoms with Gasteiger partial charge in [-0.25, -0.2) is 9.37 Å². The predicted molar refractivity (Wildman–Crippen MR) is 125 cm³/mol. The maximum atomic E-state index is 13.6. The first-order chi connectivity index (χ1) is 15.8. The van der Waals surface area contributed by atoms with Crippen LogP contribution in [-0.4, -0.2) is 44.9 Å². The standard InChI is InChI=1S/C24H28FN5O3/c1-4-30-19(15-17-14-18(25)10-11-20(17)30)16-29-13-12-26-23(24(29)33)27-21(31)8-6-5-7-9-22(32)28(2)3/h7,9-15H,4-6,8,16H2,1-3H3,(H,26,27,31)/b9-7+. The van der Waals surface area contributed by atoms with Crippen LogP contribution in [0.5, 0.6) is 0 Å². The van der Waals surface area contributed by atoms with Crippen molar-refractivity contribution in [3.05, 3.63) is 70.7 Å². The number of allylic oxidation sites excluding steroid dienone is 1. The van der Waals surface area contributed by atoms with Crippen molar-refractivity contribution in [2.24, 2.45) is 0 Å². The van der Waals surface area contributed by atoms with E-state index in [0.29, 0.717) is 19.4 Å². The zero-order chi connectivity index (χ0) is 24.0. The van der Waals surface area contributed by atoms with Gasteiger partial charge in [-0.3, -0.25) is 14.4 Å². The zero-order valence-electron chi connectivity index (χ0n) is 19.0. The molecule has 0 bridgehead atoms. The van der Waals surface area contributed by atoms with Gasteiger partial charge < -0.3 is 19.4 Å². The number of aryl methyl sites for hydroxylation is 1. The number of aromatic nitrogens is 3. The highest BCUT2D eigenvalue weighted by molar-refractivity contribution is 5.89. The van der Waals surface area contributed by atoms with Crippen LogP contribution in [0.25, 0.3) is 10.9 Å². The number of hydrogen-bond acceptors (Lipinski definition) is 4. The molecule has 0 unspecified atom stereocenters. The minimum atomic E-state index is -0.415. The first kappa shape index (κ1) is 23.9. The summed E-state index contributed by atoms with van der Waals surface area (Å²) in [5, 5.41) is 3.35. The Balaban J connectivity index is 1.66. The lowest BCUT2D eigenvalue weighted by molar-refractivity contribution is -0.123. The van der Waals surface area contributed by atoms with Gasteiger partial charge in [0.1, 0.15) is 5.82 Å². The third kappa shape index (κ3) is 5.94. The lowest BCUT2D eigenvalue weighted by atomic mass is 10.2. The van der Waals surface area contributed by atoms with E-state index >= 15 is 0 Å². The summed E-state index contributed by atoms with van der Waals surface area (Å²) in [6.45, 7) is 2.92. The fourth-order valence-corrected chi connectivity index (χ4v) is 3.54. The van der Waals surface area contributed by atoms with E-state index < -0.39 is 5.56 Å². The molecule has 0 atom stereocenters. The lowest BCUT2D eigenvalue weighted by Crippen LogP contribution is -2.27. The molecular weight excluding hydrogens is 425 g/mol. The summed E-state index contributed by atoms with van der Waals surface area (Å²) in [7, 11) is 3.34. The molecule has 0 fully saturated rings. The van der Waals surface area contributed by atoms with Crippen molar-refractivity contribution in [3.8, 4) is 0 Å². The number of benzene rings is 1. The number of amides is 2. The quantitative estimate of drug-likeness (QED) is 0.398. The number of unbranched alkanes of at least 4 members (excludes halogenated alkanes) is 1. The molecular formula is C24H28FN5O3. The van der Waals surface area contributed by atoms with Crippen molar-refractivity contribution < 1.29 is 14.0 Å². The highest BCUT2D eigenvalue weighted by Gasteiger charge is 2.13. The molecule has 0 aliphatic carbocycles. The van der Waals surface area contributed by atoms with Crippen molar-refractivity contribution in [2.45, 2.75) is 39.3 Å². The molecule has 1 N–H and O–H groups in total. The minimum absolute atomic E-state index is 0.0361. The van der Waals surface area contributed by atoms with E-state index in [1.165, 1.54) is 33.9 Å². The van der Waals surface area contributed by atoms with E-state index in [4.69, 9.17) is 0 Å². The first-order valence-electron chi connectivity index (χ1n) is 10.8. The number of rotatable bonds is 9. The maximum Gasteiger partial charge on any atom is 0.294 e. The molecule has 3 aromatic rings. The van der Waals surface area contributed by atoms with E-state index in [9.17, 15) is 18.8 Å². The molecule has 2 aromatic heterocycles. The van der Waals surface area contributed by atoms with Crippen LogP contribution in [0.1, 0.15) is 31.9 Å². The van der Waals surface area contributed by atoms with Crippen molar-refractivity contribution in [3.63, 3.8) is 0 Å². The number of nitrogens with zero attached hydrogens (tertiary/aromatic N) is 4. The van der Waals surface area contributed by atoms with Crippen molar-refractivity contribution in [1.82, 2.24) is 19.0 Å². The van der Waals surface area contributed by atoms with Crippen molar-refractivity contribution >= 4 is 28.5 Å². The number of halogens is 1. The second kappa shape index (κ2) is 10.7. The summed E-state index contributed by atoms with van der Waals surface area (Å²) in [5.41, 5.74) is 1.33. The summed E-state index contributed by atoms with van der Waals surface area (Å²) in [4.78, 5) is 42.1. The minimum Gasteiger partial charge on any atom is -0.345 e. The van der Waals surface area contributed by atoms with Crippen LogP contribution in [0.3, 0.4) is 0 Å². The molecule has 174 valence electrons. The fourth-order valence-electron chi connectivity index (χ4n) is 3.54. The Morgan fingerprint density at radius 1 is 1.24 bits per heavy atom. The molecule has 9 heteroatoms. The molecule has 33 heavy (non-hydrogen) atoms. The smallest absolute Gasteiger partial charge is 0.294 e. The van der Waals surface area contributed by atoms with Crippen LogP contribution < -0.4 is 10.9 Å². The van der Waals surface area contributed by atoms with Crippen LogP contribution in [-0.2, 0) is 22.7 Å². The Kier molecular flexibility index (Phi) is 7.76. The Morgan fingerprint density at radius 3 is 2.76 bits per heavy atom. The van der Waals surface area contributed by atoms with E-state index in [2.05, 4.69) is 10.3 Å². The van der Waals surface area contributed by atoms with Crippen LogP contribution in [0.2, 0.25) is 0 Å². The van der Waals surface area contributed by atoms with Crippen LogP contribution in [0.15, 0.2) is 53.6 Å². The lowest BCUT2D eigenvalue weighted by Gasteiger charge is -2.11. The molecule has 0 spiro atoms. The van der Waals surface area contributed by atoms with E-state index in [1.54, 1.807) is 32.4 Å².